The second kappa shape index (κ2) is 7.36. The summed E-state index contributed by atoms with van der Waals surface area (Å²) < 4.78 is 37.2. The third-order valence-corrected chi connectivity index (χ3v) is 6.04. The first-order chi connectivity index (χ1) is 12.4. The Morgan fingerprint density at radius 2 is 2.12 bits per heavy atom. The predicted octanol–water partition coefficient (Wildman–Crippen LogP) is 1.88. The number of amides is 1. The normalized spacial score (nSPS) is 18.5. The molecule has 3 rings (SSSR count). The number of nitrogens with one attached hydrogen (secondary N) is 1. The molecule has 2 heterocycles. The number of halogens is 1. The minimum Gasteiger partial charge on any atom is -0.353 e. The number of carbonyl (C=O) groups excluding carboxylic acids is 1. The fraction of sp³-hybridized carbons (Fsp3) is 0.353. The van der Waals surface area contributed by atoms with Gasteiger partial charge in [-0.15, -0.1) is 0 Å². The molecule has 1 aliphatic rings. The number of carbonyl (C=O) groups is 1. The monoisotopic (exact) mass is 378 g/mol. The van der Waals surface area contributed by atoms with Gasteiger partial charge in [0.25, 0.3) is 5.91 Å². The van der Waals surface area contributed by atoms with Crippen LogP contribution in [0.25, 0.3) is 0 Å². The summed E-state index contributed by atoms with van der Waals surface area (Å²) in [6, 6.07) is 7.16. The average molecular weight is 378 g/mol. The van der Waals surface area contributed by atoms with Gasteiger partial charge in [-0.3, -0.25) is 4.79 Å². The quantitative estimate of drug-likeness (QED) is 0.854. The highest BCUT2D eigenvalue weighted by Gasteiger charge is 2.32. The number of anilines is 2. The van der Waals surface area contributed by atoms with Crippen LogP contribution in [0.2, 0.25) is 0 Å². The van der Waals surface area contributed by atoms with Gasteiger partial charge in [0.1, 0.15) is 23.7 Å². The molecule has 26 heavy (non-hydrogen) atoms. The molecule has 0 aliphatic carbocycles. The van der Waals surface area contributed by atoms with Crippen molar-refractivity contribution >= 4 is 27.2 Å². The zero-order chi connectivity index (χ0) is 18.7. The smallest absolute Gasteiger partial charge is 0.274 e. The third kappa shape index (κ3) is 3.98. The molecule has 2 aromatic rings. The van der Waals surface area contributed by atoms with Crippen molar-refractivity contribution in [3.63, 3.8) is 0 Å². The van der Waals surface area contributed by atoms with Gasteiger partial charge >= 0.3 is 0 Å². The van der Waals surface area contributed by atoms with E-state index in [2.05, 4.69) is 15.3 Å². The highest BCUT2D eigenvalue weighted by molar-refractivity contribution is 7.91. The summed E-state index contributed by atoms with van der Waals surface area (Å²) >= 11 is 0. The number of aromatic nitrogens is 2. The van der Waals surface area contributed by atoms with Crippen LogP contribution in [0.5, 0.6) is 0 Å². The molecule has 0 saturated carbocycles. The van der Waals surface area contributed by atoms with E-state index < -0.39 is 21.6 Å². The van der Waals surface area contributed by atoms with Gasteiger partial charge in [0, 0.05) is 18.7 Å². The number of benzene rings is 1. The van der Waals surface area contributed by atoms with Gasteiger partial charge in [0.15, 0.2) is 9.84 Å². The number of hydrogen-bond donors (Lipinski definition) is 1. The lowest BCUT2D eigenvalue weighted by atomic mass is 10.2. The molecule has 0 radical (unpaired) electrons. The van der Waals surface area contributed by atoms with E-state index in [4.69, 9.17) is 0 Å². The molecular weight excluding hydrogens is 359 g/mol. The van der Waals surface area contributed by atoms with Crippen molar-refractivity contribution in [2.45, 2.75) is 19.4 Å². The Morgan fingerprint density at radius 1 is 1.35 bits per heavy atom. The maximum atomic E-state index is 13.7. The Bertz CT molecular complexity index is 920. The topological polar surface area (TPSA) is 92.3 Å². The SMILES string of the molecule is CCN(c1cc(C(=O)Nc2ccccc2F)ncn1)C1CCS(=O)(=O)C1. The van der Waals surface area contributed by atoms with Gasteiger partial charge in [-0.1, -0.05) is 12.1 Å². The van der Waals surface area contributed by atoms with Crippen molar-refractivity contribution in [3.05, 3.63) is 48.2 Å². The maximum Gasteiger partial charge on any atom is 0.274 e. The summed E-state index contributed by atoms with van der Waals surface area (Å²) in [5, 5.41) is 2.47. The van der Waals surface area contributed by atoms with Crippen LogP contribution in [-0.4, -0.2) is 48.4 Å². The Hall–Kier alpha value is -2.55. The molecule has 9 heteroatoms. The van der Waals surface area contributed by atoms with E-state index in [-0.39, 0.29) is 28.9 Å². The summed E-state index contributed by atoms with van der Waals surface area (Å²) in [5.74, 6) is -0.403. The molecule has 7 nitrogen and oxygen atoms in total. The number of para-hydroxylation sites is 1. The molecule has 1 aliphatic heterocycles. The molecule has 1 saturated heterocycles. The van der Waals surface area contributed by atoms with E-state index in [9.17, 15) is 17.6 Å². The van der Waals surface area contributed by atoms with E-state index in [1.807, 2.05) is 11.8 Å². The van der Waals surface area contributed by atoms with Gasteiger partial charge in [-0.2, -0.15) is 0 Å². The zero-order valence-electron chi connectivity index (χ0n) is 14.2. The third-order valence-electron chi connectivity index (χ3n) is 4.29. The molecule has 1 atom stereocenters. The van der Waals surface area contributed by atoms with Crippen molar-refractivity contribution in [3.8, 4) is 0 Å². The largest absolute Gasteiger partial charge is 0.353 e. The van der Waals surface area contributed by atoms with Crippen molar-refractivity contribution in [2.24, 2.45) is 0 Å². The minimum atomic E-state index is -3.04. The first-order valence-corrected chi connectivity index (χ1v) is 10.1. The van der Waals surface area contributed by atoms with Gasteiger partial charge in [0.05, 0.1) is 17.2 Å². The van der Waals surface area contributed by atoms with Gasteiger partial charge in [-0.05, 0) is 25.5 Å². The van der Waals surface area contributed by atoms with E-state index in [0.29, 0.717) is 18.8 Å². The highest BCUT2D eigenvalue weighted by atomic mass is 32.2. The lowest BCUT2D eigenvalue weighted by Gasteiger charge is -2.27. The fourth-order valence-corrected chi connectivity index (χ4v) is 4.74. The number of hydrogen-bond acceptors (Lipinski definition) is 6. The predicted molar refractivity (Wildman–Crippen MR) is 96.5 cm³/mol. The summed E-state index contributed by atoms with van der Waals surface area (Å²) in [5.41, 5.74) is 0.143. The molecule has 1 aromatic heterocycles. The lowest BCUT2D eigenvalue weighted by Crippen LogP contribution is -2.37. The second-order valence-corrected chi connectivity index (χ2v) is 8.27. The van der Waals surface area contributed by atoms with Crippen LogP contribution in [0, 0.1) is 5.82 Å². The zero-order valence-corrected chi connectivity index (χ0v) is 15.0. The summed E-state index contributed by atoms with van der Waals surface area (Å²) in [4.78, 5) is 22.3. The van der Waals surface area contributed by atoms with Gasteiger partial charge < -0.3 is 10.2 Å². The van der Waals surface area contributed by atoms with E-state index in [1.54, 1.807) is 6.07 Å². The molecule has 0 spiro atoms. The molecule has 1 N–H and O–H groups in total. The van der Waals surface area contributed by atoms with E-state index >= 15 is 0 Å². The second-order valence-electron chi connectivity index (χ2n) is 6.04. The standard InChI is InChI=1S/C17H19FN4O3S/c1-2-22(12-7-8-26(24,25)10-12)16-9-15(19-11-20-16)17(23)21-14-6-4-3-5-13(14)18/h3-6,9,11-12H,2,7-8,10H2,1H3,(H,21,23). The average Bonchev–Trinajstić information content (AvgIpc) is 2.97. The molecule has 1 unspecified atom stereocenters. The van der Waals surface area contributed by atoms with Crippen LogP contribution in [0.15, 0.2) is 36.7 Å². The van der Waals surface area contributed by atoms with Gasteiger partial charge in [0.2, 0.25) is 0 Å². The number of sulfone groups is 1. The van der Waals surface area contributed by atoms with Crippen molar-refractivity contribution < 1.29 is 17.6 Å². The van der Waals surface area contributed by atoms with Crippen molar-refractivity contribution in [1.82, 2.24) is 9.97 Å². The van der Waals surface area contributed by atoms with Crippen molar-refractivity contribution in [1.29, 1.82) is 0 Å². The molecular formula is C17H19FN4O3S. The van der Waals surface area contributed by atoms with E-state index in [1.165, 1.54) is 30.6 Å². The molecule has 1 fully saturated rings. The Kier molecular flexibility index (Phi) is 5.17. The van der Waals surface area contributed by atoms with Gasteiger partial charge in [-0.25, -0.2) is 22.8 Å². The molecule has 0 bridgehead atoms. The number of rotatable bonds is 5. The maximum absolute atomic E-state index is 13.7. The van der Waals surface area contributed by atoms with Crippen LogP contribution in [0.4, 0.5) is 15.9 Å². The van der Waals surface area contributed by atoms with E-state index in [0.717, 1.165) is 0 Å². The molecule has 1 amide bonds. The van der Waals surface area contributed by atoms with Crippen LogP contribution >= 0.6 is 0 Å². The highest BCUT2D eigenvalue weighted by Crippen LogP contribution is 2.23. The fourth-order valence-electron chi connectivity index (χ4n) is 3.01. The Balaban J connectivity index is 1.81. The first-order valence-electron chi connectivity index (χ1n) is 8.24. The van der Waals surface area contributed by atoms with Crippen LogP contribution in [0.1, 0.15) is 23.8 Å². The minimum absolute atomic E-state index is 0.0619. The van der Waals surface area contributed by atoms with Crippen LogP contribution < -0.4 is 10.2 Å². The lowest BCUT2D eigenvalue weighted by molar-refractivity contribution is 0.102. The van der Waals surface area contributed by atoms with Crippen LogP contribution in [-0.2, 0) is 9.84 Å². The number of nitrogens with zero attached hydrogens (tertiary/aromatic N) is 3. The summed E-state index contributed by atoms with van der Waals surface area (Å²) in [6.07, 6.45) is 1.77. The Morgan fingerprint density at radius 3 is 2.77 bits per heavy atom. The van der Waals surface area contributed by atoms with Crippen LogP contribution in [0.3, 0.4) is 0 Å². The summed E-state index contributed by atoms with van der Waals surface area (Å²) in [7, 11) is -3.04. The first kappa shape index (κ1) is 18.2. The molecule has 1 aromatic carbocycles. The summed E-state index contributed by atoms with van der Waals surface area (Å²) in [6.45, 7) is 2.44. The molecule has 138 valence electrons. The Labute approximate surface area is 151 Å². The van der Waals surface area contributed by atoms with Crippen molar-refractivity contribution in [2.75, 3.05) is 28.3 Å².